The van der Waals surface area contributed by atoms with E-state index in [0.29, 0.717) is 11.5 Å². The van der Waals surface area contributed by atoms with Gasteiger partial charge in [0.15, 0.2) is 17.3 Å². The van der Waals surface area contributed by atoms with E-state index in [1.54, 1.807) is 14.1 Å². The molecule has 0 spiro atoms. The van der Waals surface area contributed by atoms with Crippen LogP contribution < -0.4 is 14.8 Å². The summed E-state index contributed by atoms with van der Waals surface area (Å²) in [6, 6.07) is 1.63. The Morgan fingerprint density at radius 1 is 1.29 bits per heavy atom. The van der Waals surface area contributed by atoms with E-state index in [-0.39, 0.29) is 23.5 Å². The maximum absolute atomic E-state index is 12.6. The first-order valence-corrected chi connectivity index (χ1v) is 6.92. The lowest BCUT2D eigenvalue weighted by atomic mass is 10.1. The summed E-state index contributed by atoms with van der Waals surface area (Å²) in [5.74, 6) is -1.92. The molecule has 1 aliphatic carbocycles. The molecule has 1 aromatic carbocycles. The zero-order valence-electron chi connectivity index (χ0n) is 12.7. The second-order valence-corrected chi connectivity index (χ2v) is 5.57. The SMILES string of the molecule is CN(C)/C=C1/C(=O)c2cc3c(cc2C1NC(=O)C(F)(F)F)OCO3. The predicted octanol–water partition coefficient (Wildman–Crippen LogP) is 1.78. The number of halogens is 3. The number of Topliss-reactive ketones (excluding diaryl/α,β-unsaturated/α-hetero) is 1. The van der Waals surface area contributed by atoms with E-state index < -0.39 is 23.9 Å². The Morgan fingerprint density at radius 3 is 2.50 bits per heavy atom. The number of amides is 1. The number of carbonyl (C=O) groups is 2. The highest BCUT2D eigenvalue weighted by atomic mass is 19.4. The first-order chi connectivity index (χ1) is 11.2. The van der Waals surface area contributed by atoms with Gasteiger partial charge in [0.2, 0.25) is 6.79 Å². The number of hydrogen-bond acceptors (Lipinski definition) is 5. The van der Waals surface area contributed by atoms with Crippen LogP contribution in [0.2, 0.25) is 0 Å². The molecule has 1 heterocycles. The molecule has 0 saturated heterocycles. The molecular formula is C15H13F3N2O4. The summed E-state index contributed by atoms with van der Waals surface area (Å²) >= 11 is 0. The van der Waals surface area contributed by atoms with Gasteiger partial charge in [0.05, 0.1) is 6.04 Å². The molecule has 0 aromatic heterocycles. The third-order valence-electron chi connectivity index (χ3n) is 3.60. The van der Waals surface area contributed by atoms with Crippen molar-refractivity contribution in [3.63, 3.8) is 0 Å². The molecule has 0 fully saturated rings. The molecule has 0 saturated carbocycles. The van der Waals surface area contributed by atoms with Crippen molar-refractivity contribution in [2.45, 2.75) is 12.2 Å². The van der Waals surface area contributed by atoms with Crippen molar-refractivity contribution in [1.82, 2.24) is 10.2 Å². The van der Waals surface area contributed by atoms with Crippen LogP contribution in [0.15, 0.2) is 23.9 Å². The topological polar surface area (TPSA) is 67.9 Å². The molecular weight excluding hydrogens is 329 g/mol. The Bertz CT molecular complexity index is 756. The molecule has 3 rings (SSSR count). The van der Waals surface area contributed by atoms with E-state index in [0.717, 1.165) is 0 Å². The van der Waals surface area contributed by atoms with Crippen LogP contribution in [0.1, 0.15) is 22.0 Å². The molecule has 128 valence electrons. The Kier molecular flexibility index (Phi) is 3.66. The fourth-order valence-electron chi connectivity index (χ4n) is 2.63. The summed E-state index contributed by atoms with van der Waals surface area (Å²) in [5.41, 5.74) is 0.464. The van der Waals surface area contributed by atoms with Crippen LogP contribution in [-0.2, 0) is 4.79 Å². The molecule has 0 bridgehead atoms. The molecule has 2 aliphatic rings. The largest absolute Gasteiger partial charge is 0.471 e. The molecule has 9 heteroatoms. The number of alkyl halides is 3. The van der Waals surface area contributed by atoms with Crippen LogP contribution in [0.25, 0.3) is 0 Å². The van der Waals surface area contributed by atoms with Crippen molar-refractivity contribution in [2.75, 3.05) is 20.9 Å². The lowest BCUT2D eigenvalue weighted by Gasteiger charge is -2.18. The molecule has 1 aromatic rings. The standard InChI is InChI=1S/C15H13F3N2O4/c1-20(2)5-9-12(19-14(22)15(16,17)18)7-3-10-11(24-6-23-10)4-8(7)13(9)21/h3-5,12H,6H2,1-2H3,(H,19,22)/b9-5+. The predicted molar refractivity (Wildman–Crippen MR) is 75.6 cm³/mol. The summed E-state index contributed by atoms with van der Waals surface area (Å²) in [7, 11) is 3.25. The third-order valence-corrected chi connectivity index (χ3v) is 3.60. The maximum atomic E-state index is 12.6. The fourth-order valence-corrected chi connectivity index (χ4v) is 2.63. The Hall–Kier alpha value is -2.71. The van der Waals surface area contributed by atoms with Crippen LogP contribution in [0.4, 0.5) is 13.2 Å². The fraction of sp³-hybridized carbons (Fsp3) is 0.333. The molecule has 1 N–H and O–H groups in total. The normalized spacial score (nSPS) is 20.3. The van der Waals surface area contributed by atoms with Gasteiger partial charge in [-0.1, -0.05) is 0 Å². The minimum atomic E-state index is -5.05. The number of fused-ring (bicyclic) bond motifs is 2. The van der Waals surface area contributed by atoms with Gasteiger partial charge in [-0.25, -0.2) is 0 Å². The minimum Gasteiger partial charge on any atom is -0.454 e. The van der Waals surface area contributed by atoms with Gasteiger partial charge < -0.3 is 19.7 Å². The van der Waals surface area contributed by atoms with Gasteiger partial charge in [-0.05, 0) is 17.7 Å². The molecule has 6 nitrogen and oxygen atoms in total. The van der Waals surface area contributed by atoms with Crippen molar-refractivity contribution in [3.05, 3.63) is 35.0 Å². The molecule has 1 amide bonds. The van der Waals surface area contributed by atoms with E-state index in [2.05, 4.69) is 0 Å². The lowest BCUT2D eigenvalue weighted by molar-refractivity contribution is -0.174. The zero-order chi connectivity index (χ0) is 17.6. The maximum Gasteiger partial charge on any atom is 0.471 e. The van der Waals surface area contributed by atoms with Gasteiger partial charge in [0.1, 0.15) is 0 Å². The van der Waals surface area contributed by atoms with Crippen molar-refractivity contribution in [2.24, 2.45) is 0 Å². The second-order valence-electron chi connectivity index (χ2n) is 5.57. The lowest BCUT2D eigenvalue weighted by Crippen LogP contribution is -2.39. The summed E-state index contributed by atoms with van der Waals surface area (Å²) in [6.45, 7) is -0.0353. The molecule has 1 atom stereocenters. The van der Waals surface area contributed by atoms with Crippen LogP contribution >= 0.6 is 0 Å². The Morgan fingerprint density at radius 2 is 1.92 bits per heavy atom. The number of benzene rings is 1. The smallest absolute Gasteiger partial charge is 0.454 e. The molecule has 24 heavy (non-hydrogen) atoms. The van der Waals surface area contributed by atoms with Crippen LogP contribution in [0.3, 0.4) is 0 Å². The number of nitrogens with zero attached hydrogens (tertiary/aromatic N) is 1. The summed E-state index contributed by atoms with van der Waals surface area (Å²) in [6.07, 6.45) is -3.66. The van der Waals surface area contributed by atoms with Crippen molar-refractivity contribution in [3.8, 4) is 11.5 Å². The number of carbonyl (C=O) groups excluding carboxylic acids is 2. The van der Waals surface area contributed by atoms with E-state index in [1.165, 1.54) is 23.2 Å². The van der Waals surface area contributed by atoms with Crippen molar-refractivity contribution >= 4 is 11.7 Å². The second kappa shape index (κ2) is 5.43. The zero-order valence-corrected chi connectivity index (χ0v) is 12.7. The Balaban J connectivity index is 2.07. The van der Waals surface area contributed by atoms with Gasteiger partial charge in [-0.3, -0.25) is 9.59 Å². The Labute approximate surface area is 134 Å². The van der Waals surface area contributed by atoms with Crippen molar-refractivity contribution in [1.29, 1.82) is 0 Å². The minimum absolute atomic E-state index is 0.0353. The highest BCUT2D eigenvalue weighted by Gasteiger charge is 2.44. The van der Waals surface area contributed by atoms with Gasteiger partial charge in [0, 0.05) is 31.4 Å². The number of nitrogens with one attached hydrogen (secondary N) is 1. The highest BCUT2D eigenvalue weighted by Crippen LogP contribution is 2.44. The third kappa shape index (κ3) is 2.66. The molecule has 1 unspecified atom stereocenters. The van der Waals surface area contributed by atoms with Gasteiger partial charge in [-0.2, -0.15) is 13.2 Å². The summed E-state index contributed by atoms with van der Waals surface area (Å²) in [4.78, 5) is 25.4. The quantitative estimate of drug-likeness (QED) is 0.830. The first-order valence-electron chi connectivity index (χ1n) is 6.92. The van der Waals surface area contributed by atoms with Crippen molar-refractivity contribution < 1.29 is 32.2 Å². The molecule has 0 radical (unpaired) electrons. The van der Waals surface area contributed by atoms with Crippen LogP contribution in [0, 0.1) is 0 Å². The monoisotopic (exact) mass is 342 g/mol. The number of rotatable bonds is 2. The molecule has 1 aliphatic heterocycles. The van der Waals surface area contributed by atoms with E-state index in [4.69, 9.17) is 9.47 Å². The number of hydrogen-bond donors (Lipinski definition) is 1. The number of ether oxygens (including phenoxy) is 2. The van der Waals surface area contributed by atoms with E-state index in [9.17, 15) is 22.8 Å². The number of ketones is 1. The summed E-state index contributed by atoms with van der Waals surface area (Å²) < 4.78 is 48.2. The summed E-state index contributed by atoms with van der Waals surface area (Å²) in [5, 5.41) is 1.88. The average molecular weight is 342 g/mol. The van der Waals surface area contributed by atoms with E-state index in [1.807, 2.05) is 5.32 Å². The van der Waals surface area contributed by atoms with Gasteiger partial charge in [-0.15, -0.1) is 0 Å². The highest BCUT2D eigenvalue weighted by molar-refractivity contribution is 6.15. The van der Waals surface area contributed by atoms with Crippen LogP contribution in [-0.4, -0.2) is 43.7 Å². The van der Waals surface area contributed by atoms with Crippen LogP contribution in [0.5, 0.6) is 11.5 Å². The van der Waals surface area contributed by atoms with Gasteiger partial charge in [0.25, 0.3) is 0 Å². The van der Waals surface area contributed by atoms with E-state index >= 15 is 0 Å². The first kappa shape index (κ1) is 16.2. The average Bonchev–Trinajstić information content (AvgIpc) is 3.02. The van der Waals surface area contributed by atoms with Gasteiger partial charge >= 0.3 is 12.1 Å².